The van der Waals surface area contributed by atoms with E-state index in [1.165, 1.54) is 10.8 Å². The molecule has 28 heavy (non-hydrogen) atoms. The first kappa shape index (κ1) is 17.4. The minimum Gasteiger partial charge on any atom is -0.441 e. The number of hydrogen-bond acceptors (Lipinski definition) is 6. The van der Waals surface area contributed by atoms with Crippen molar-refractivity contribution >= 4 is 38.8 Å². The third-order valence-electron chi connectivity index (χ3n) is 4.59. The average Bonchev–Trinajstić information content (AvgIpc) is 3.36. The van der Waals surface area contributed by atoms with Crippen LogP contribution >= 0.6 is 23.1 Å². The summed E-state index contributed by atoms with van der Waals surface area (Å²) in [4.78, 5) is 4.51. The van der Waals surface area contributed by atoms with Crippen LogP contribution in [0, 0.1) is 19.7 Å². The Balaban J connectivity index is 1.47. The predicted molar refractivity (Wildman–Crippen MR) is 109 cm³/mol. The number of aryl methyl sites for hydroxylation is 2. The van der Waals surface area contributed by atoms with Gasteiger partial charge in [0.05, 0.1) is 27.0 Å². The first-order chi connectivity index (χ1) is 13.6. The lowest BCUT2D eigenvalue weighted by atomic mass is 10.2. The zero-order valence-corrected chi connectivity index (χ0v) is 16.8. The van der Waals surface area contributed by atoms with Crippen molar-refractivity contribution in [3.8, 4) is 11.5 Å². The van der Waals surface area contributed by atoms with E-state index in [2.05, 4.69) is 37.1 Å². The molecule has 0 unspecified atom stereocenters. The summed E-state index contributed by atoms with van der Waals surface area (Å²) in [5.41, 5.74) is 3.33. The van der Waals surface area contributed by atoms with Gasteiger partial charge in [0, 0.05) is 5.75 Å². The Morgan fingerprint density at radius 1 is 1.14 bits per heavy atom. The van der Waals surface area contributed by atoms with Gasteiger partial charge >= 0.3 is 0 Å². The highest BCUT2D eigenvalue weighted by Crippen LogP contribution is 2.33. The Hall–Kier alpha value is -2.71. The summed E-state index contributed by atoms with van der Waals surface area (Å²) in [6.45, 7) is 3.80. The molecule has 0 bridgehead atoms. The number of oxazole rings is 1. The van der Waals surface area contributed by atoms with Crippen LogP contribution in [-0.2, 0) is 5.75 Å². The molecule has 5 rings (SSSR count). The molecule has 0 N–H and O–H groups in total. The van der Waals surface area contributed by atoms with E-state index >= 15 is 0 Å². The van der Waals surface area contributed by atoms with Gasteiger partial charge in [-0.1, -0.05) is 23.9 Å². The maximum Gasteiger partial charge on any atom is 0.229 e. The third-order valence-corrected chi connectivity index (χ3v) is 6.43. The smallest absolute Gasteiger partial charge is 0.229 e. The van der Waals surface area contributed by atoms with Crippen molar-refractivity contribution in [2.45, 2.75) is 24.6 Å². The highest BCUT2D eigenvalue weighted by Gasteiger charge is 2.17. The Kier molecular flexibility index (Phi) is 4.17. The largest absolute Gasteiger partial charge is 0.441 e. The van der Waals surface area contributed by atoms with Crippen LogP contribution < -0.4 is 0 Å². The molecule has 0 saturated carbocycles. The minimum absolute atomic E-state index is 0.300. The predicted octanol–water partition coefficient (Wildman–Crippen LogP) is 5.65. The van der Waals surface area contributed by atoms with E-state index in [4.69, 9.17) is 4.42 Å². The molecule has 0 amide bonds. The Morgan fingerprint density at radius 2 is 2.00 bits per heavy atom. The number of benzene rings is 1. The lowest BCUT2D eigenvalue weighted by molar-refractivity contribution is 0.533. The monoisotopic (exact) mass is 410 g/mol. The molecule has 4 heterocycles. The number of hydrogen-bond donors (Lipinski definition) is 0. The van der Waals surface area contributed by atoms with Gasteiger partial charge in [-0.3, -0.25) is 4.40 Å². The van der Waals surface area contributed by atoms with Crippen molar-refractivity contribution in [3.63, 3.8) is 0 Å². The van der Waals surface area contributed by atoms with Crippen LogP contribution in [0.5, 0.6) is 0 Å². The quantitative estimate of drug-likeness (QED) is 0.359. The van der Waals surface area contributed by atoms with E-state index in [1.807, 2.05) is 13.8 Å². The van der Waals surface area contributed by atoms with Crippen LogP contribution in [0.25, 0.3) is 27.2 Å². The lowest BCUT2D eigenvalue weighted by Gasteiger charge is -2.05. The fourth-order valence-electron chi connectivity index (χ4n) is 3.20. The van der Waals surface area contributed by atoms with E-state index in [-0.39, 0.29) is 5.82 Å². The summed E-state index contributed by atoms with van der Waals surface area (Å²) in [5, 5.41) is 11.6. The number of halogens is 1. The van der Waals surface area contributed by atoms with E-state index in [9.17, 15) is 4.39 Å². The van der Waals surface area contributed by atoms with Crippen molar-refractivity contribution in [2.24, 2.45) is 0 Å². The maximum absolute atomic E-state index is 14.0. The summed E-state index contributed by atoms with van der Waals surface area (Å²) in [5.74, 6) is 2.05. The van der Waals surface area contributed by atoms with E-state index in [0.717, 1.165) is 27.6 Å². The average molecular weight is 410 g/mol. The number of thioether (sulfide) groups is 1. The van der Waals surface area contributed by atoms with Gasteiger partial charge in [-0.25, -0.2) is 9.37 Å². The summed E-state index contributed by atoms with van der Waals surface area (Å²) in [7, 11) is 0. The summed E-state index contributed by atoms with van der Waals surface area (Å²) < 4.78 is 23.1. The molecule has 0 fully saturated rings. The van der Waals surface area contributed by atoms with Gasteiger partial charge < -0.3 is 4.42 Å². The Labute approximate surface area is 168 Å². The number of rotatable bonds is 4. The highest BCUT2D eigenvalue weighted by atomic mass is 32.2. The zero-order chi connectivity index (χ0) is 19.3. The number of aromatic nitrogens is 4. The second-order valence-electron chi connectivity index (χ2n) is 6.38. The molecular formula is C20H15FN4OS2. The molecule has 0 aliphatic rings. The second-order valence-corrected chi connectivity index (χ2v) is 8.29. The van der Waals surface area contributed by atoms with Crippen molar-refractivity contribution in [2.75, 3.05) is 0 Å². The summed E-state index contributed by atoms with van der Waals surface area (Å²) >= 11 is 3.25. The van der Waals surface area contributed by atoms with Crippen LogP contribution in [0.4, 0.5) is 4.39 Å². The fraction of sp³-hybridized carbons (Fsp3) is 0.150. The van der Waals surface area contributed by atoms with Gasteiger partial charge in [0.2, 0.25) is 5.89 Å². The van der Waals surface area contributed by atoms with Gasteiger partial charge in [0.1, 0.15) is 22.4 Å². The summed E-state index contributed by atoms with van der Waals surface area (Å²) in [6.07, 6.45) is 0. The van der Waals surface area contributed by atoms with Crippen molar-refractivity contribution in [1.82, 2.24) is 19.6 Å². The maximum atomic E-state index is 14.0. The Bertz CT molecular complexity index is 1320. The molecular weight excluding hydrogens is 395 g/mol. The van der Waals surface area contributed by atoms with Crippen molar-refractivity contribution in [1.29, 1.82) is 0 Å². The molecule has 140 valence electrons. The first-order valence-corrected chi connectivity index (χ1v) is 10.5. The van der Waals surface area contributed by atoms with Gasteiger partial charge in [-0.15, -0.1) is 21.5 Å². The van der Waals surface area contributed by atoms with Crippen LogP contribution in [0.1, 0.15) is 17.3 Å². The van der Waals surface area contributed by atoms with Crippen LogP contribution in [0.15, 0.2) is 51.2 Å². The third kappa shape index (κ3) is 2.80. The van der Waals surface area contributed by atoms with Crippen LogP contribution in [0.3, 0.4) is 0 Å². The molecule has 8 heteroatoms. The standard InChI is InChI=1S/C20H15FN4OS2/c1-11-15(22-19(26-11)13-5-3-4-6-14(13)21)10-28-20-17-9-18-16(7-8-27-18)25(17)12(2)23-24-20/h3-9H,10H2,1-2H3. The molecule has 5 nitrogen and oxygen atoms in total. The molecule has 5 aromatic rings. The topological polar surface area (TPSA) is 56.2 Å². The second kappa shape index (κ2) is 6.72. The normalized spacial score (nSPS) is 11.7. The molecule has 1 aromatic carbocycles. The SMILES string of the molecule is Cc1oc(-c2ccccc2F)nc1CSc1nnc(C)n2c1cc1sccc12. The van der Waals surface area contributed by atoms with Gasteiger partial charge in [-0.2, -0.15) is 0 Å². The summed E-state index contributed by atoms with van der Waals surface area (Å²) in [6, 6.07) is 10.7. The molecule has 0 aliphatic heterocycles. The molecule has 0 aliphatic carbocycles. The molecule has 0 atom stereocenters. The molecule has 0 radical (unpaired) electrons. The van der Waals surface area contributed by atoms with Gasteiger partial charge in [-0.05, 0) is 43.5 Å². The van der Waals surface area contributed by atoms with Crippen LogP contribution in [0.2, 0.25) is 0 Å². The van der Waals surface area contributed by atoms with Crippen molar-refractivity contribution in [3.05, 3.63) is 64.9 Å². The van der Waals surface area contributed by atoms with Crippen molar-refractivity contribution < 1.29 is 8.81 Å². The fourth-order valence-corrected chi connectivity index (χ4v) is 4.94. The Morgan fingerprint density at radius 3 is 2.86 bits per heavy atom. The molecule has 4 aromatic heterocycles. The lowest BCUT2D eigenvalue weighted by Crippen LogP contribution is -2.00. The number of thiophene rings is 1. The minimum atomic E-state index is -0.345. The number of fused-ring (bicyclic) bond motifs is 3. The van der Waals surface area contributed by atoms with E-state index in [1.54, 1.807) is 41.3 Å². The molecule has 0 spiro atoms. The molecule has 0 saturated heterocycles. The number of nitrogens with zero attached hydrogens (tertiary/aromatic N) is 4. The zero-order valence-electron chi connectivity index (χ0n) is 15.1. The van der Waals surface area contributed by atoms with E-state index < -0.39 is 0 Å². The first-order valence-electron chi connectivity index (χ1n) is 8.68. The van der Waals surface area contributed by atoms with Crippen LogP contribution in [-0.4, -0.2) is 19.6 Å². The van der Waals surface area contributed by atoms with Gasteiger partial charge in [0.25, 0.3) is 0 Å². The van der Waals surface area contributed by atoms with Gasteiger partial charge in [0.15, 0.2) is 0 Å². The highest BCUT2D eigenvalue weighted by molar-refractivity contribution is 7.98. The van der Waals surface area contributed by atoms with E-state index in [0.29, 0.717) is 23.0 Å².